The van der Waals surface area contributed by atoms with Gasteiger partial charge in [-0.1, -0.05) is 11.6 Å². The topological polar surface area (TPSA) is 97.8 Å². The number of esters is 1. The lowest BCUT2D eigenvalue weighted by molar-refractivity contribution is -0.151. The number of hydrogen-bond acceptors (Lipinski definition) is 6. The van der Waals surface area contributed by atoms with E-state index in [0.29, 0.717) is 30.2 Å². The fraction of sp³-hybridized carbons (Fsp3) is 0.529. The molecule has 1 aromatic heterocycles. The number of hydrogen-bond donors (Lipinski definition) is 1. The van der Waals surface area contributed by atoms with Crippen molar-refractivity contribution in [1.29, 1.82) is 0 Å². The van der Waals surface area contributed by atoms with Gasteiger partial charge in [-0.3, -0.25) is 9.69 Å². The first-order valence-electron chi connectivity index (χ1n) is 8.23. The molecular formula is C17H22ClN3O5. The first-order chi connectivity index (χ1) is 12.2. The van der Waals surface area contributed by atoms with Crippen LogP contribution < -0.4 is 5.32 Å². The van der Waals surface area contributed by atoms with Gasteiger partial charge in [-0.25, -0.2) is 14.6 Å². The highest BCUT2D eigenvalue weighted by Crippen LogP contribution is 2.21. The van der Waals surface area contributed by atoms with Gasteiger partial charge in [0, 0.05) is 12.7 Å². The van der Waals surface area contributed by atoms with Crippen molar-refractivity contribution in [3.63, 3.8) is 0 Å². The lowest BCUT2D eigenvalue weighted by atomic mass is 10.2. The average Bonchev–Trinajstić information content (AvgIpc) is 3.03. The normalized spacial score (nSPS) is 16.9. The van der Waals surface area contributed by atoms with Gasteiger partial charge in [0.25, 0.3) is 5.91 Å². The maximum Gasteiger partial charge on any atom is 0.411 e. The number of pyridine rings is 1. The molecule has 0 bridgehead atoms. The van der Waals surface area contributed by atoms with Crippen LogP contribution in [-0.2, 0) is 19.1 Å². The summed E-state index contributed by atoms with van der Waals surface area (Å²) < 4.78 is 10.3. The minimum atomic E-state index is -0.744. The van der Waals surface area contributed by atoms with Crippen LogP contribution in [-0.4, -0.2) is 52.6 Å². The Kier molecular flexibility index (Phi) is 6.42. The lowest BCUT2D eigenvalue weighted by Gasteiger charge is -2.27. The molecule has 1 saturated heterocycles. The minimum Gasteiger partial charge on any atom is -0.454 e. The largest absolute Gasteiger partial charge is 0.454 e. The maximum absolute atomic E-state index is 12.2. The highest BCUT2D eigenvalue weighted by atomic mass is 35.5. The standard InChI is InChI=1S/C17H22ClN3O5/c1-17(2,3)26-16(24)21-8-4-5-12(21)15(23)25-10-14(22)20-13-7-6-11(18)9-19-13/h6-7,9,12H,4-5,8,10H2,1-3H3,(H,19,20,22)/t12-/m0/s1. The van der Waals surface area contributed by atoms with E-state index in [1.807, 2.05) is 0 Å². The number of nitrogens with zero attached hydrogens (tertiary/aromatic N) is 2. The van der Waals surface area contributed by atoms with E-state index in [1.165, 1.54) is 17.2 Å². The number of halogens is 1. The van der Waals surface area contributed by atoms with Crippen LogP contribution in [0.15, 0.2) is 18.3 Å². The lowest BCUT2D eigenvalue weighted by Crippen LogP contribution is -2.44. The number of anilines is 1. The number of carbonyl (C=O) groups is 3. The van der Waals surface area contributed by atoms with Gasteiger partial charge in [0.05, 0.1) is 5.02 Å². The van der Waals surface area contributed by atoms with Crippen LogP contribution >= 0.6 is 11.6 Å². The summed E-state index contributed by atoms with van der Waals surface area (Å²) in [7, 11) is 0. The SMILES string of the molecule is CC(C)(C)OC(=O)N1CCC[C@H]1C(=O)OCC(=O)Nc1ccc(Cl)cn1. The number of aromatic nitrogens is 1. The van der Waals surface area contributed by atoms with Crippen molar-refractivity contribution in [2.24, 2.45) is 0 Å². The van der Waals surface area contributed by atoms with Crippen molar-refractivity contribution in [3.05, 3.63) is 23.4 Å². The summed E-state index contributed by atoms with van der Waals surface area (Å²) in [6.07, 6.45) is 1.96. The van der Waals surface area contributed by atoms with E-state index in [1.54, 1.807) is 26.8 Å². The molecule has 142 valence electrons. The second-order valence-electron chi connectivity index (χ2n) is 6.85. The van der Waals surface area contributed by atoms with E-state index >= 15 is 0 Å². The molecule has 1 aromatic rings. The van der Waals surface area contributed by atoms with Crippen molar-refractivity contribution in [2.45, 2.75) is 45.3 Å². The molecule has 2 rings (SSSR count). The Morgan fingerprint density at radius 3 is 2.69 bits per heavy atom. The van der Waals surface area contributed by atoms with E-state index in [4.69, 9.17) is 21.1 Å². The minimum absolute atomic E-state index is 0.298. The first-order valence-corrected chi connectivity index (χ1v) is 8.61. The molecule has 0 spiro atoms. The second kappa shape index (κ2) is 8.35. The van der Waals surface area contributed by atoms with Gasteiger partial charge in [0.15, 0.2) is 6.61 Å². The third-order valence-corrected chi connectivity index (χ3v) is 3.72. The van der Waals surface area contributed by atoms with Gasteiger partial charge in [-0.05, 0) is 45.7 Å². The van der Waals surface area contributed by atoms with Gasteiger partial charge >= 0.3 is 12.1 Å². The average molecular weight is 384 g/mol. The van der Waals surface area contributed by atoms with E-state index in [0.717, 1.165) is 0 Å². The third kappa shape index (κ3) is 5.87. The van der Waals surface area contributed by atoms with Gasteiger partial charge < -0.3 is 14.8 Å². The Hall–Kier alpha value is -2.35. The number of rotatable bonds is 4. The van der Waals surface area contributed by atoms with Crippen LogP contribution in [0.1, 0.15) is 33.6 Å². The molecule has 8 nitrogen and oxygen atoms in total. The second-order valence-corrected chi connectivity index (χ2v) is 7.29. The van der Waals surface area contributed by atoms with E-state index in [-0.39, 0.29) is 0 Å². The van der Waals surface area contributed by atoms with Gasteiger partial charge in [-0.2, -0.15) is 0 Å². The molecule has 0 unspecified atom stereocenters. The Labute approximate surface area is 156 Å². The van der Waals surface area contributed by atoms with Crippen molar-refractivity contribution < 1.29 is 23.9 Å². The number of carbonyl (C=O) groups excluding carboxylic acids is 3. The maximum atomic E-state index is 12.2. The quantitative estimate of drug-likeness (QED) is 0.802. The summed E-state index contributed by atoms with van der Waals surface area (Å²) >= 11 is 5.72. The monoisotopic (exact) mass is 383 g/mol. The molecule has 1 fully saturated rings. The van der Waals surface area contributed by atoms with Crippen LogP contribution in [0.3, 0.4) is 0 Å². The molecule has 1 N–H and O–H groups in total. The summed E-state index contributed by atoms with van der Waals surface area (Å²) in [5.74, 6) is -0.866. The number of amides is 2. The Balaban J connectivity index is 1.85. The molecule has 2 heterocycles. The molecule has 0 aliphatic carbocycles. The van der Waals surface area contributed by atoms with E-state index in [9.17, 15) is 14.4 Å². The smallest absolute Gasteiger partial charge is 0.411 e. The summed E-state index contributed by atoms with van der Waals surface area (Å²) in [6, 6.07) is 2.36. The highest BCUT2D eigenvalue weighted by Gasteiger charge is 2.37. The predicted octanol–water partition coefficient (Wildman–Crippen LogP) is 2.62. The van der Waals surface area contributed by atoms with E-state index in [2.05, 4.69) is 10.3 Å². The molecule has 9 heteroatoms. The number of nitrogens with one attached hydrogen (secondary N) is 1. The Morgan fingerprint density at radius 1 is 1.35 bits per heavy atom. The molecule has 0 radical (unpaired) electrons. The van der Waals surface area contributed by atoms with E-state index < -0.39 is 36.2 Å². The van der Waals surface area contributed by atoms with Crippen LogP contribution in [0.4, 0.5) is 10.6 Å². The zero-order chi connectivity index (χ0) is 19.3. The van der Waals surface area contributed by atoms with Crippen molar-refractivity contribution >= 4 is 35.4 Å². The van der Waals surface area contributed by atoms with Crippen LogP contribution in [0.25, 0.3) is 0 Å². The zero-order valence-corrected chi connectivity index (χ0v) is 15.7. The third-order valence-electron chi connectivity index (χ3n) is 3.49. The van der Waals surface area contributed by atoms with Crippen LogP contribution in [0.5, 0.6) is 0 Å². The van der Waals surface area contributed by atoms with Crippen LogP contribution in [0.2, 0.25) is 5.02 Å². The molecule has 1 aliphatic heterocycles. The summed E-state index contributed by atoms with van der Waals surface area (Å²) in [5.41, 5.74) is -0.653. The summed E-state index contributed by atoms with van der Waals surface area (Å²) in [5, 5.41) is 2.93. The van der Waals surface area contributed by atoms with Gasteiger partial charge in [-0.15, -0.1) is 0 Å². The fourth-order valence-electron chi connectivity index (χ4n) is 2.41. The number of ether oxygens (including phenoxy) is 2. The van der Waals surface area contributed by atoms with Gasteiger partial charge in [0.2, 0.25) is 0 Å². The first kappa shape index (κ1) is 20.0. The molecule has 1 atom stereocenters. The highest BCUT2D eigenvalue weighted by molar-refractivity contribution is 6.30. The van der Waals surface area contributed by atoms with Crippen molar-refractivity contribution in [1.82, 2.24) is 9.88 Å². The molecule has 0 saturated carbocycles. The molecular weight excluding hydrogens is 362 g/mol. The molecule has 2 amide bonds. The molecule has 1 aliphatic rings. The van der Waals surface area contributed by atoms with Crippen LogP contribution in [0, 0.1) is 0 Å². The van der Waals surface area contributed by atoms with Crippen molar-refractivity contribution in [3.8, 4) is 0 Å². The Morgan fingerprint density at radius 2 is 2.08 bits per heavy atom. The summed E-state index contributed by atoms with van der Waals surface area (Å²) in [6.45, 7) is 5.20. The fourth-order valence-corrected chi connectivity index (χ4v) is 2.52. The Bertz CT molecular complexity index is 672. The number of likely N-dealkylation sites (tertiary alicyclic amines) is 1. The van der Waals surface area contributed by atoms with Crippen molar-refractivity contribution in [2.75, 3.05) is 18.5 Å². The zero-order valence-electron chi connectivity index (χ0n) is 15.0. The predicted molar refractivity (Wildman–Crippen MR) is 94.8 cm³/mol. The molecule has 26 heavy (non-hydrogen) atoms. The van der Waals surface area contributed by atoms with Gasteiger partial charge in [0.1, 0.15) is 17.5 Å². The molecule has 0 aromatic carbocycles. The summed E-state index contributed by atoms with van der Waals surface area (Å²) in [4.78, 5) is 41.5.